The Morgan fingerprint density at radius 3 is 2.95 bits per heavy atom. The van der Waals surface area contributed by atoms with Crippen LogP contribution in [0.3, 0.4) is 0 Å². The van der Waals surface area contributed by atoms with E-state index in [9.17, 15) is 4.79 Å². The first-order chi connectivity index (χ1) is 9.18. The van der Waals surface area contributed by atoms with Crippen LogP contribution in [0.5, 0.6) is 0 Å². The van der Waals surface area contributed by atoms with E-state index >= 15 is 0 Å². The van der Waals surface area contributed by atoms with E-state index in [4.69, 9.17) is 9.52 Å². The van der Waals surface area contributed by atoms with Crippen molar-refractivity contribution >= 4 is 16.9 Å². The predicted octanol–water partition coefficient (Wildman–Crippen LogP) is 1.13. The number of hydrogen-bond acceptors (Lipinski definition) is 4. The Hall–Kier alpha value is -1.85. The van der Waals surface area contributed by atoms with Crippen LogP contribution in [0.15, 0.2) is 34.9 Å². The van der Waals surface area contributed by atoms with Crippen LogP contribution in [0.1, 0.15) is 17.3 Å². The molecule has 0 radical (unpaired) electrons. The summed E-state index contributed by atoms with van der Waals surface area (Å²) < 4.78 is 5.32. The Labute approximate surface area is 111 Å². The van der Waals surface area contributed by atoms with Gasteiger partial charge in [0.25, 0.3) is 5.91 Å². The molecule has 5 nitrogen and oxygen atoms in total. The molecule has 3 N–H and O–H groups in total. The van der Waals surface area contributed by atoms with Crippen LogP contribution >= 0.6 is 0 Å². The molecule has 1 unspecified atom stereocenters. The Balaban J connectivity index is 1.86. The number of hydrogen-bond donors (Lipinski definition) is 3. The minimum Gasteiger partial charge on any atom is -0.463 e. The molecule has 19 heavy (non-hydrogen) atoms. The first-order valence-corrected chi connectivity index (χ1v) is 6.31. The number of aliphatic hydroxyl groups is 1. The zero-order valence-corrected chi connectivity index (χ0v) is 10.8. The van der Waals surface area contributed by atoms with E-state index in [1.807, 2.05) is 24.3 Å². The molecule has 1 aromatic carbocycles. The number of carbonyl (C=O) groups excluding carboxylic acids is 1. The lowest BCUT2D eigenvalue weighted by Crippen LogP contribution is -2.34. The average molecular weight is 262 g/mol. The van der Waals surface area contributed by atoms with Crippen molar-refractivity contribution in [3.63, 3.8) is 0 Å². The summed E-state index contributed by atoms with van der Waals surface area (Å²) in [7, 11) is 0. The summed E-state index contributed by atoms with van der Waals surface area (Å²) >= 11 is 0. The van der Waals surface area contributed by atoms with E-state index in [0.29, 0.717) is 30.8 Å². The maximum atomic E-state index is 12.0. The zero-order chi connectivity index (χ0) is 13.7. The zero-order valence-electron chi connectivity index (χ0n) is 10.8. The largest absolute Gasteiger partial charge is 0.463 e. The van der Waals surface area contributed by atoms with Crippen molar-refractivity contribution in [2.24, 2.45) is 0 Å². The molecule has 0 fully saturated rings. The van der Waals surface area contributed by atoms with E-state index in [1.165, 1.54) is 6.26 Å². The molecule has 1 atom stereocenters. The molecule has 1 amide bonds. The lowest BCUT2D eigenvalue weighted by Gasteiger charge is -2.07. The molecule has 0 spiro atoms. The standard InChI is InChI=1S/C14H18N2O3/c1-10(17)8-15-6-7-16-14(18)12-9-19-13-5-3-2-4-11(12)13/h2-5,9-10,15,17H,6-8H2,1H3,(H,16,18). The van der Waals surface area contributed by atoms with Crippen LogP contribution in [-0.4, -0.2) is 36.8 Å². The third-order valence-electron chi connectivity index (χ3n) is 2.75. The second-order valence-electron chi connectivity index (χ2n) is 4.45. The number of para-hydroxylation sites is 1. The van der Waals surface area contributed by atoms with Crippen molar-refractivity contribution in [3.8, 4) is 0 Å². The highest BCUT2D eigenvalue weighted by molar-refractivity contribution is 6.05. The molecule has 2 aromatic rings. The molecule has 5 heteroatoms. The molecule has 0 saturated heterocycles. The third-order valence-corrected chi connectivity index (χ3v) is 2.75. The van der Waals surface area contributed by atoms with Gasteiger partial charge in [-0.3, -0.25) is 4.79 Å². The van der Waals surface area contributed by atoms with Gasteiger partial charge in [-0.2, -0.15) is 0 Å². The normalized spacial score (nSPS) is 12.5. The number of benzene rings is 1. The number of rotatable bonds is 6. The number of fused-ring (bicyclic) bond motifs is 1. The van der Waals surface area contributed by atoms with Crippen LogP contribution in [0.25, 0.3) is 11.0 Å². The van der Waals surface area contributed by atoms with Crippen LogP contribution in [-0.2, 0) is 0 Å². The maximum Gasteiger partial charge on any atom is 0.255 e. The molecular formula is C14H18N2O3. The fourth-order valence-electron chi connectivity index (χ4n) is 1.82. The fraction of sp³-hybridized carbons (Fsp3) is 0.357. The number of amides is 1. The summed E-state index contributed by atoms with van der Waals surface area (Å²) in [5.41, 5.74) is 1.26. The minimum atomic E-state index is -0.381. The van der Waals surface area contributed by atoms with Gasteiger partial charge in [-0.15, -0.1) is 0 Å². The highest BCUT2D eigenvalue weighted by atomic mass is 16.3. The highest BCUT2D eigenvalue weighted by Gasteiger charge is 2.12. The molecule has 0 bridgehead atoms. The van der Waals surface area contributed by atoms with Gasteiger partial charge in [-0.1, -0.05) is 18.2 Å². The predicted molar refractivity (Wildman–Crippen MR) is 73.1 cm³/mol. The lowest BCUT2D eigenvalue weighted by molar-refractivity contribution is 0.0954. The first kappa shape index (κ1) is 13.6. The topological polar surface area (TPSA) is 74.5 Å². The number of carbonyl (C=O) groups is 1. The van der Waals surface area contributed by atoms with Gasteiger partial charge < -0.3 is 20.2 Å². The van der Waals surface area contributed by atoms with Crippen molar-refractivity contribution in [3.05, 3.63) is 36.1 Å². The lowest BCUT2D eigenvalue weighted by atomic mass is 10.1. The smallest absolute Gasteiger partial charge is 0.255 e. The number of nitrogens with one attached hydrogen (secondary N) is 2. The highest BCUT2D eigenvalue weighted by Crippen LogP contribution is 2.20. The second kappa shape index (κ2) is 6.36. The van der Waals surface area contributed by atoms with E-state index < -0.39 is 0 Å². The SMILES string of the molecule is CC(O)CNCCNC(=O)c1coc2ccccc12. The summed E-state index contributed by atoms with van der Waals surface area (Å²) in [6.07, 6.45) is 1.09. The van der Waals surface area contributed by atoms with Crippen molar-refractivity contribution < 1.29 is 14.3 Å². The molecule has 0 saturated carbocycles. The molecule has 1 aromatic heterocycles. The Bertz CT molecular complexity index is 548. The van der Waals surface area contributed by atoms with E-state index in [0.717, 1.165) is 5.39 Å². The van der Waals surface area contributed by atoms with Crippen molar-refractivity contribution in [2.45, 2.75) is 13.0 Å². The maximum absolute atomic E-state index is 12.0. The number of furan rings is 1. The molecule has 102 valence electrons. The van der Waals surface area contributed by atoms with Gasteiger partial charge in [0.2, 0.25) is 0 Å². The average Bonchev–Trinajstić information content (AvgIpc) is 2.81. The van der Waals surface area contributed by atoms with Crippen LogP contribution in [0.4, 0.5) is 0 Å². The van der Waals surface area contributed by atoms with Gasteiger partial charge in [-0.05, 0) is 13.0 Å². The van der Waals surface area contributed by atoms with Gasteiger partial charge in [0.05, 0.1) is 11.7 Å². The van der Waals surface area contributed by atoms with Gasteiger partial charge in [0.15, 0.2) is 0 Å². The van der Waals surface area contributed by atoms with Gasteiger partial charge in [-0.25, -0.2) is 0 Å². The molecular weight excluding hydrogens is 244 g/mol. The first-order valence-electron chi connectivity index (χ1n) is 6.31. The molecule has 2 rings (SSSR count). The summed E-state index contributed by atoms with van der Waals surface area (Å²) in [5, 5.41) is 15.7. The monoisotopic (exact) mass is 262 g/mol. The molecule has 0 aliphatic rings. The Morgan fingerprint density at radius 2 is 2.16 bits per heavy atom. The van der Waals surface area contributed by atoms with Gasteiger partial charge in [0, 0.05) is 25.0 Å². The van der Waals surface area contributed by atoms with E-state index in [1.54, 1.807) is 6.92 Å². The summed E-state index contributed by atoms with van der Waals surface area (Å²) in [6, 6.07) is 7.43. The fourth-order valence-corrected chi connectivity index (χ4v) is 1.82. The van der Waals surface area contributed by atoms with Crippen LogP contribution < -0.4 is 10.6 Å². The minimum absolute atomic E-state index is 0.149. The molecule has 1 heterocycles. The van der Waals surface area contributed by atoms with Crippen molar-refractivity contribution in [1.82, 2.24) is 10.6 Å². The van der Waals surface area contributed by atoms with Crippen LogP contribution in [0, 0.1) is 0 Å². The summed E-state index contributed by atoms with van der Waals surface area (Å²) in [5.74, 6) is -0.149. The Morgan fingerprint density at radius 1 is 1.37 bits per heavy atom. The van der Waals surface area contributed by atoms with Crippen molar-refractivity contribution in [1.29, 1.82) is 0 Å². The summed E-state index contributed by atoms with van der Waals surface area (Å²) in [4.78, 5) is 12.0. The van der Waals surface area contributed by atoms with E-state index in [2.05, 4.69) is 10.6 Å². The summed E-state index contributed by atoms with van der Waals surface area (Å²) in [6.45, 7) is 3.35. The molecule has 0 aliphatic heterocycles. The Kier molecular flexibility index (Phi) is 4.54. The van der Waals surface area contributed by atoms with E-state index in [-0.39, 0.29) is 12.0 Å². The number of aliphatic hydroxyl groups excluding tert-OH is 1. The molecule has 0 aliphatic carbocycles. The van der Waals surface area contributed by atoms with Crippen molar-refractivity contribution in [2.75, 3.05) is 19.6 Å². The van der Waals surface area contributed by atoms with Gasteiger partial charge >= 0.3 is 0 Å². The third kappa shape index (κ3) is 3.56. The van der Waals surface area contributed by atoms with Crippen LogP contribution in [0.2, 0.25) is 0 Å². The van der Waals surface area contributed by atoms with Gasteiger partial charge in [0.1, 0.15) is 11.8 Å². The second-order valence-corrected chi connectivity index (χ2v) is 4.45. The quantitative estimate of drug-likeness (QED) is 0.682.